The summed E-state index contributed by atoms with van der Waals surface area (Å²) < 4.78 is 51.5. The predicted octanol–water partition coefficient (Wildman–Crippen LogP) is 4.32. The summed E-state index contributed by atoms with van der Waals surface area (Å²) in [6.07, 6.45) is 2.12. The van der Waals surface area contributed by atoms with Crippen LogP contribution in [0.4, 0.5) is 8.78 Å². The number of rotatable bonds is 4. The van der Waals surface area contributed by atoms with E-state index in [0.717, 1.165) is 11.8 Å². The molecule has 5 aliphatic rings. The van der Waals surface area contributed by atoms with Crippen LogP contribution in [0.25, 0.3) is 0 Å². The van der Waals surface area contributed by atoms with Crippen molar-refractivity contribution in [3.05, 3.63) is 48.0 Å². The molecule has 1 aromatic rings. The lowest BCUT2D eigenvalue weighted by Crippen LogP contribution is -2.70. The summed E-state index contributed by atoms with van der Waals surface area (Å²) in [7, 11) is 1.62. The maximum absolute atomic E-state index is 17.5. The molecule has 7 nitrogen and oxygen atoms in total. The maximum atomic E-state index is 17.5. The van der Waals surface area contributed by atoms with Crippen molar-refractivity contribution < 1.29 is 37.4 Å². The quantitative estimate of drug-likeness (QED) is 0.561. The summed E-state index contributed by atoms with van der Waals surface area (Å²) in [5.41, 5.74) is -6.24. The van der Waals surface area contributed by atoms with Crippen molar-refractivity contribution in [2.75, 3.05) is 12.8 Å². The summed E-state index contributed by atoms with van der Waals surface area (Å²) in [6.45, 7) is 3.39. The lowest BCUT2D eigenvalue weighted by molar-refractivity contribution is -0.233. The van der Waals surface area contributed by atoms with Crippen molar-refractivity contribution in [3.8, 4) is 0 Å². The predicted molar refractivity (Wildman–Crippen MR) is 136 cm³/mol. The second-order valence-corrected chi connectivity index (χ2v) is 12.5. The summed E-state index contributed by atoms with van der Waals surface area (Å²) in [5, 5.41) is 11.3. The van der Waals surface area contributed by atoms with Crippen LogP contribution < -0.4 is 0 Å². The number of ether oxygens (including phenoxy) is 2. The standard InChI is InChI=1S/C28H31F2NO6S/c1-25-7-6-15(32)11-18(25)19(29)12-17-16-13-22-28(24(34)38-10-8-31-3,26(16,2)14-21(33)27(17,25)30)37-23(36-22)20-5-4-9-35-20/h4-9,11,16-17,19,21-23,33H,10,12-14H2,1-3H3/t16-,17-,19-,21-,22+,23?,25-,26-,27-,28-/m0/s1. The highest BCUT2D eigenvalue weighted by atomic mass is 32.2. The Bertz CT molecular complexity index is 1250. The van der Waals surface area contributed by atoms with Crippen LogP contribution in [0.15, 0.2) is 51.6 Å². The SMILES string of the molecule is CN=CCSC(=O)[C@@]12OC(c3ccco3)O[C@@H]1C[C@H]1[C@@H]3C[C@H](F)C4=CC(=O)C=C[C@]4(C)[C@@]3(F)[C@@H](O)C[C@@]12C. The lowest BCUT2D eigenvalue weighted by Gasteiger charge is -2.63. The van der Waals surface area contributed by atoms with Crippen molar-refractivity contribution in [1.82, 2.24) is 0 Å². The monoisotopic (exact) mass is 547 g/mol. The number of hydrogen-bond acceptors (Lipinski definition) is 8. The third kappa shape index (κ3) is 3.14. The van der Waals surface area contributed by atoms with Crippen LogP contribution in [0, 0.1) is 22.7 Å². The van der Waals surface area contributed by atoms with E-state index >= 15 is 8.78 Å². The molecule has 6 rings (SSSR count). The average molecular weight is 548 g/mol. The Morgan fingerprint density at radius 2 is 2.11 bits per heavy atom. The Morgan fingerprint density at radius 3 is 2.82 bits per heavy atom. The minimum absolute atomic E-state index is 0.0650. The number of carbonyl (C=O) groups excluding carboxylic acids is 2. The van der Waals surface area contributed by atoms with E-state index in [2.05, 4.69) is 4.99 Å². The van der Waals surface area contributed by atoms with Crippen LogP contribution in [-0.2, 0) is 19.1 Å². The largest absolute Gasteiger partial charge is 0.464 e. The number of carbonyl (C=O) groups is 2. The van der Waals surface area contributed by atoms with Gasteiger partial charge in [0.15, 0.2) is 22.8 Å². The number of aliphatic hydroxyl groups is 1. The Hall–Kier alpha value is -2.14. The van der Waals surface area contributed by atoms with E-state index in [4.69, 9.17) is 13.9 Å². The molecule has 0 bridgehead atoms. The van der Waals surface area contributed by atoms with Gasteiger partial charge < -0.3 is 19.0 Å². The van der Waals surface area contributed by atoms with E-state index in [1.165, 1.54) is 24.5 Å². The van der Waals surface area contributed by atoms with E-state index in [1.54, 1.807) is 32.3 Å². The second kappa shape index (κ2) is 8.68. The third-order valence-corrected chi connectivity index (χ3v) is 10.8. The fraction of sp³-hybridized carbons (Fsp3) is 0.607. The van der Waals surface area contributed by atoms with E-state index in [-0.39, 0.29) is 30.0 Å². The van der Waals surface area contributed by atoms with Gasteiger partial charge in [-0.3, -0.25) is 14.6 Å². The Balaban J connectivity index is 1.44. The molecule has 4 fully saturated rings. The molecule has 0 radical (unpaired) electrons. The molecule has 38 heavy (non-hydrogen) atoms. The van der Waals surface area contributed by atoms with Crippen molar-refractivity contribution in [2.24, 2.45) is 27.7 Å². The molecule has 1 aliphatic heterocycles. The molecule has 1 saturated heterocycles. The lowest BCUT2D eigenvalue weighted by atomic mass is 9.44. The van der Waals surface area contributed by atoms with E-state index < -0.39 is 64.4 Å². The highest BCUT2D eigenvalue weighted by molar-refractivity contribution is 8.14. The number of aliphatic imine (C=N–C) groups is 1. The summed E-state index contributed by atoms with van der Waals surface area (Å²) >= 11 is 1.04. The summed E-state index contributed by atoms with van der Waals surface area (Å²) in [6, 6.07) is 3.39. The fourth-order valence-electron chi connectivity index (χ4n) is 8.14. The number of nitrogens with zero attached hydrogens (tertiary/aromatic N) is 1. The summed E-state index contributed by atoms with van der Waals surface area (Å²) in [4.78, 5) is 30.0. The number of furan rings is 1. The van der Waals surface area contributed by atoms with Crippen LogP contribution in [0.3, 0.4) is 0 Å². The molecule has 2 heterocycles. The van der Waals surface area contributed by atoms with Crippen LogP contribution in [-0.4, -0.2) is 64.7 Å². The molecule has 3 saturated carbocycles. The number of allylic oxidation sites excluding steroid dienone is 4. The number of hydrogen-bond donors (Lipinski definition) is 1. The minimum atomic E-state index is -2.24. The third-order valence-electron chi connectivity index (χ3n) is 9.92. The molecular weight excluding hydrogens is 516 g/mol. The first-order valence-electron chi connectivity index (χ1n) is 12.9. The van der Waals surface area contributed by atoms with Gasteiger partial charge in [0, 0.05) is 35.8 Å². The first kappa shape index (κ1) is 26.1. The number of alkyl halides is 2. The van der Waals surface area contributed by atoms with Crippen LogP contribution in [0.2, 0.25) is 0 Å². The molecule has 0 amide bonds. The van der Waals surface area contributed by atoms with Crippen LogP contribution >= 0.6 is 11.8 Å². The highest BCUT2D eigenvalue weighted by Gasteiger charge is 2.80. The molecule has 1 N–H and O–H groups in total. The van der Waals surface area contributed by atoms with E-state index in [9.17, 15) is 14.7 Å². The minimum Gasteiger partial charge on any atom is -0.464 e. The Labute approximate surface area is 223 Å². The first-order valence-corrected chi connectivity index (χ1v) is 13.9. The Morgan fingerprint density at radius 1 is 1.32 bits per heavy atom. The zero-order valence-corrected chi connectivity index (χ0v) is 22.3. The van der Waals surface area contributed by atoms with Crippen molar-refractivity contribution in [1.29, 1.82) is 0 Å². The molecular formula is C28H31F2NO6S. The normalized spacial score (nSPS) is 47.4. The van der Waals surface area contributed by atoms with Crippen LogP contribution in [0.1, 0.15) is 45.2 Å². The van der Waals surface area contributed by atoms with Gasteiger partial charge in [0.05, 0.1) is 18.5 Å². The molecule has 1 aromatic heterocycles. The van der Waals surface area contributed by atoms with Gasteiger partial charge in [-0.2, -0.15) is 0 Å². The smallest absolute Gasteiger partial charge is 0.224 e. The van der Waals surface area contributed by atoms with E-state index in [0.29, 0.717) is 11.5 Å². The Kier molecular flexibility index (Phi) is 5.96. The van der Waals surface area contributed by atoms with Gasteiger partial charge in [-0.1, -0.05) is 24.8 Å². The average Bonchev–Trinajstić information content (AvgIpc) is 3.58. The maximum Gasteiger partial charge on any atom is 0.224 e. The van der Waals surface area contributed by atoms with Crippen molar-refractivity contribution in [2.45, 2.75) is 69.0 Å². The molecule has 4 aliphatic carbocycles. The summed E-state index contributed by atoms with van der Waals surface area (Å²) in [5.74, 6) is -1.13. The van der Waals surface area contributed by atoms with Gasteiger partial charge in [-0.15, -0.1) is 0 Å². The topological polar surface area (TPSA) is 98.3 Å². The molecule has 0 aromatic carbocycles. The molecule has 0 spiro atoms. The molecule has 204 valence electrons. The number of aliphatic hydroxyl groups excluding tert-OH is 1. The fourth-order valence-corrected chi connectivity index (χ4v) is 9.15. The highest BCUT2D eigenvalue weighted by Crippen LogP contribution is 2.73. The first-order chi connectivity index (χ1) is 18.0. The zero-order valence-electron chi connectivity index (χ0n) is 21.4. The number of thioether (sulfide) groups is 1. The van der Waals surface area contributed by atoms with E-state index in [1.807, 2.05) is 6.92 Å². The van der Waals surface area contributed by atoms with Gasteiger partial charge in [-0.05, 0) is 62.0 Å². The van der Waals surface area contributed by atoms with Gasteiger partial charge in [0.25, 0.3) is 0 Å². The zero-order chi connectivity index (χ0) is 27.1. The number of fused-ring (bicyclic) bond motifs is 7. The number of halogens is 2. The van der Waals surface area contributed by atoms with Crippen LogP contribution in [0.5, 0.6) is 0 Å². The molecule has 10 heteroatoms. The second-order valence-electron chi connectivity index (χ2n) is 11.5. The van der Waals surface area contributed by atoms with Gasteiger partial charge >= 0.3 is 0 Å². The van der Waals surface area contributed by atoms with Gasteiger partial charge in [0.2, 0.25) is 11.4 Å². The van der Waals surface area contributed by atoms with Crippen molar-refractivity contribution >= 4 is 28.9 Å². The number of ketones is 1. The van der Waals surface area contributed by atoms with Gasteiger partial charge in [-0.25, -0.2) is 8.78 Å². The molecule has 10 atom stereocenters. The van der Waals surface area contributed by atoms with Crippen molar-refractivity contribution in [3.63, 3.8) is 0 Å². The van der Waals surface area contributed by atoms with Gasteiger partial charge in [0.1, 0.15) is 6.17 Å². The molecule has 1 unspecified atom stereocenters.